The Morgan fingerprint density at radius 1 is 1.23 bits per heavy atom. The molecular weight excluding hydrogens is 458 g/mol. The summed E-state index contributed by atoms with van der Waals surface area (Å²) in [5, 5.41) is 7.15. The molecule has 162 valence electrons. The summed E-state index contributed by atoms with van der Waals surface area (Å²) >= 11 is 3.46. The van der Waals surface area contributed by atoms with Crippen LogP contribution < -0.4 is 14.8 Å². The minimum absolute atomic E-state index is 0.177. The molecule has 0 bridgehead atoms. The molecule has 1 amide bonds. The fourth-order valence-electron chi connectivity index (χ4n) is 3.13. The topological polar surface area (TPSA) is 65.4 Å². The van der Waals surface area contributed by atoms with E-state index in [2.05, 4.69) is 26.3 Å². The molecule has 1 aromatic heterocycles. The molecule has 3 aromatic rings. The number of hydrogen-bond acceptors (Lipinski definition) is 4. The van der Waals surface area contributed by atoms with Crippen molar-refractivity contribution in [1.82, 2.24) is 15.1 Å². The van der Waals surface area contributed by atoms with Gasteiger partial charge >= 0.3 is 0 Å². The Morgan fingerprint density at radius 3 is 2.77 bits per heavy atom. The molecule has 0 spiro atoms. The second kappa shape index (κ2) is 10.8. The van der Waals surface area contributed by atoms with Crippen LogP contribution in [0.3, 0.4) is 0 Å². The summed E-state index contributed by atoms with van der Waals surface area (Å²) in [6, 6.07) is 13.6. The molecule has 2 aromatic carbocycles. The van der Waals surface area contributed by atoms with Crippen LogP contribution in [0.25, 0.3) is 6.08 Å². The monoisotopic (exact) mass is 483 g/mol. The number of aromatic nitrogens is 2. The Labute approximate surface area is 191 Å². The first kappa shape index (κ1) is 22.6. The molecule has 7 heteroatoms. The van der Waals surface area contributed by atoms with E-state index >= 15 is 0 Å². The van der Waals surface area contributed by atoms with Gasteiger partial charge in [-0.05, 0) is 65.2 Å². The van der Waals surface area contributed by atoms with Gasteiger partial charge in [0, 0.05) is 18.2 Å². The first-order valence-corrected chi connectivity index (χ1v) is 10.8. The van der Waals surface area contributed by atoms with Gasteiger partial charge in [-0.2, -0.15) is 5.10 Å². The average molecular weight is 484 g/mol. The lowest BCUT2D eigenvalue weighted by molar-refractivity contribution is -0.116. The van der Waals surface area contributed by atoms with Crippen LogP contribution >= 0.6 is 15.9 Å². The van der Waals surface area contributed by atoms with Gasteiger partial charge in [-0.25, -0.2) is 0 Å². The molecule has 1 heterocycles. The lowest BCUT2D eigenvalue weighted by Crippen LogP contribution is -2.22. The second-order valence-corrected chi connectivity index (χ2v) is 7.79. The lowest BCUT2D eigenvalue weighted by Gasteiger charge is -2.12. The molecule has 0 radical (unpaired) electrons. The molecule has 6 nitrogen and oxygen atoms in total. The van der Waals surface area contributed by atoms with Crippen LogP contribution in [0.2, 0.25) is 0 Å². The fourth-order valence-corrected chi connectivity index (χ4v) is 3.56. The minimum Gasteiger partial charge on any atom is -0.496 e. The van der Waals surface area contributed by atoms with Gasteiger partial charge in [0.15, 0.2) is 0 Å². The number of methoxy groups -OCH3 is 1. The fraction of sp³-hybridized carbons (Fsp3) is 0.250. The SMILES string of the molecule is CCn1ncc(Br)c1CNC(=O)/C=C/c1ccc(OC)c(COc2ccccc2C)c1. The number of aryl methyl sites for hydroxylation is 2. The molecule has 0 aliphatic rings. The molecule has 0 saturated heterocycles. The summed E-state index contributed by atoms with van der Waals surface area (Å²) in [5.74, 6) is 1.40. The van der Waals surface area contributed by atoms with Crippen LogP contribution in [0.4, 0.5) is 0 Å². The standard InChI is InChI=1S/C24H26BrN3O3/c1-4-28-21(20(25)14-27-28)15-26-24(29)12-10-18-9-11-23(30-3)19(13-18)16-31-22-8-6-5-7-17(22)2/h5-14H,4,15-16H2,1-3H3,(H,26,29)/b12-10+. The van der Waals surface area contributed by atoms with Crippen molar-refractivity contribution in [2.75, 3.05) is 7.11 Å². The predicted molar refractivity (Wildman–Crippen MR) is 125 cm³/mol. The van der Waals surface area contributed by atoms with Crippen molar-refractivity contribution in [1.29, 1.82) is 0 Å². The van der Waals surface area contributed by atoms with E-state index in [4.69, 9.17) is 9.47 Å². The van der Waals surface area contributed by atoms with E-state index in [1.807, 2.05) is 61.0 Å². The van der Waals surface area contributed by atoms with Gasteiger partial charge in [-0.1, -0.05) is 24.3 Å². The number of carbonyl (C=O) groups is 1. The average Bonchev–Trinajstić information content (AvgIpc) is 3.15. The van der Waals surface area contributed by atoms with Crippen molar-refractivity contribution in [3.05, 3.63) is 81.6 Å². The molecule has 1 N–H and O–H groups in total. The Bertz CT molecular complexity index is 1080. The quantitative estimate of drug-likeness (QED) is 0.440. The summed E-state index contributed by atoms with van der Waals surface area (Å²) < 4.78 is 14.2. The number of rotatable bonds is 9. The van der Waals surface area contributed by atoms with Gasteiger partial charge < -0.3 is 14.8 Å². The highest BCUT2D eigenvalue weighted by atomic mass is 79.9. The third-order valence-electron chi connectivity index (χ3n) is 4.84. The van der Waals surface area contributed by atoms with E-state index < -0.39 is 0 Å². The molecule has 0 atom stereocenters. The van der Waals surface area contributed by atoms with Crippen molar-refractivity contribution in [3.8, 4) is 11.5 Å². The number of hydrogen-bond donors (Lipinski definition) is 1. The number of amides is 1. The molecule has 3 rings (SSSR count). The minimum atomic E-state index is -0.177. The zero-order valence-electron chi connectivity index (χ0n) is 17.9. The third kappa shape index (κ3) is 5.98. The number of carbonyl (C=O) groups excluding carboxylic acids is 1. The van der Waals surface area contributed by atoms with Gasteiger partial charge in [-0.15, -0.1) is 0 Å². The van der Waals surface area contributed by atoms with Crippen molar-refractivity contribution >= 4 is 27.9 Å². The van der Waals surface area contributed by atoms with E-state index in [0.29, 0.717) is 13.2 Å². The molecule has 0 aliphatic heterocycles. The van der Waals surface area contributed by atoms with Gasteiger partial charge in [-0.3, -0.25) is 9.48 Å². The number of nitrogens with zero attached hydrogens (tertiary/aromatic N) is 2. The molecule has 0 saturated carbocycles. The van der Waals surface area contributed by atoms with Crippen molar-refractivity contribution < 1.29 is 14.3 Å². The molecule has 0 aliphatic carbocycles. The van der Waals surface area contributed by atoms with Crippen molar-refractivity contribution in [2.45, 2.75) is 33.5 Å². The highest BCUT2D eigenvalue weighted by Crippen LogP contribution is 2.24. The Kier molecular flexibility index (Phi) is 7.89. The van der Waals surface area contributed by atoms with Crippen LogP contribution in [0.5, 0.6) is 11.5 Å². The smallest absolute Gasteiger partial charge is 0.244 e. The Morgan fingerprint density at radius 2 is 2.03 bits per heavy atom. The number of benzene rings is 2. The summed E-state index contributed by atoms with van der Waals surface area (Å²) in [6.07, 6.45) is 5.03. The van der Waals surface area contributed by atoms with E-state index in [0.717, 1.165) is 44.9 Å². The van der Waals surface area contributed by atoms with E-state index in [9.17, 15) is 4.79 Å². The van der Waals surface area contributed by atoms with Crippen molar-refractivity contribution in [3.63, 3.8) is 0 Å². The Balaban J connectivity index is 1.64. The van der Waals surface area contributed by atoms with Crippen molar-refractivity contribution in [2.24, 2.45) is 0 Å². The summed E-state index contributed by atoms with van der Waals surface area (Å²) in [6.45, 7) is 5.53. The number of nitrogens with one attached hydrogen (secondary N) is 1. The zero-order valence-corrected chi connectivity index (χ0v) is 19.5. The highest BCUT2D eigenvalue weighted by molar-refractivity contribution is 9.10. The van der Waals surface area contributed by atoms with E-state index in [1.54, 1.807) is 19.4 Å². The van der Waals surface area contributed by atoms with Crippen LogP contribution in [0, 0.1) is 6.92 Å². The van der Waals surface area contributed by atoms with Gasteiger partial charge in [0.2, 0.25) is 5.91 Å². The molecular formula is C24H26BrN3O3. The highest BCUT2D eigenvalue weighted by Gasteiger charge is 2.09. The Hall–Kier alpha value is -3.06. The maximum atomic E-state index is 12.3. The van der Waals surface area contributed by atoms with Crippen LogP contribution in [0.15, 0.2) is 59.2 Å². The third-order valence-corrected chi connectivity index (χ3v) is 5.50. The zero-order chi connectivity index (χ0) is 22.2. The summed E-state index contributed by atoms with van der Waals surface area (Å²) in [7, 11) is 1.63. The first-order valence-electron chi connectivity index (χ1n) is 10.0. The van der Waals surface area contributed by atoms with Gasteiger partial charge in [0.1, 0.15) is 18.1 Å². The molecule has 0 fully saturated rings. The molecule has 31 heavy (non-hydrogen) atoms. The van der Waals surface area contributed by atoms with Gasteiger partial charge in [0.05, 0.1) is 30.0 Å². The lowest BCUT2D eigenvalue weighted by atomic mass is 10.1. The molecule has 0 unspecified atom stereocenters. The van der Waals surface area contributed by atoms with Gasteiger partial charge in [0.25, 0.3) is 0 Å². The van der Waals surface area contributed by atoms with E-state index in [-0.39, 0.29) is 5.91 Å². The predicted octanol–water partition coefficient (Wildman–Crippen LogP) is 4.89. The number of ether oxygens (including phenoxy) is 2. The summed E-state index contributed by atoms with van der Waals surface area (Å²) in [5.41, 5.74) is 3.80. The maximum Gasteiger partial charge on any atom is 0.244 e. The summed E-state index contributed by atoms with van der Waals surface area (Å²) in [4.78, 5) is 12.3. The normalized spacial score (nSPS) is 11.0. The van der Waals surface area contributed by atoms with Crippen LogP contribution in [0.1, 0.15) is 29.3 Å². The maximum absolute atomic E-state index is 12.3. The largest absolute Gasteiger partial charge is 0.496 e. The number of halogens is 1. The second-order valence-electron chi connectivity index (χ2n) is 6.93. The van der Waals surface area contributed by atoms with E-state index in [1.165, 1.54) is 6.08 Å². The number of para-hydroxylation sites is 1. The van der Waals surface area contributed by atoms with Crippen LogP contribution in [-0.4, -0.2) is 22.8 Å². The van der Waals surface area contributed by atoms with Crippen LogP contribution in [-0.2, 0) is 24.5 Å². The first-order chi connectivity index (χ1) is 15.0.